The Bertz CT molecular complexity index is 815. The molecule has 0 spiro atoms. The smallest absolute Gasteiger partial charge is 0.312 e. The number of benzene rings is 1. The number of ketones is 1. The molecule has 0 N–H and O–H groups in total. The van der Waals surface area contributed by atoms with E-state index in [0.717, 1.165) is 0 Å². The van der Waals surface area contributed by atoms with E-state index in [4.69, 9.17) is 4.84 Å². The van der Waals surface area contributed by atoms with Gasteiger partial charge in [0.1, 0.15) is 5.71 Å². The molecule has 1 aromatic rings. The molecule has 7 nitrogen and oxygen atoms in total. The normalized spacial score (nSPS) is 25.2. The van der Waals surface area contributed by atoms with Crippen LogP contribution < -0.4 is 0 Å². The highest BCUT2D eigenvalue weighted by molar-refractivity contribution is 9.13. The maximum atomic E-state index is 12.1. The first-order valence-electron chi connectivity index (χ1n) is 6.85. The van der Waals surface area contributed by atoms with Crippen LogP contribution in [0.3, 0.4) is 0 Å². The number of carbonyl (C=O) groups is 2. The summed E-state index contributed by atoms with van der Waals surface area (Å²) in [6, 6.07) is 4.97. The molecule has 0 bridgehead atoms. The van der Waals surface area contributed by atoms with E-state index in [9.17, 15) is 19.7 Å². The summed E-state index contributed by atoms with van der Waals surface area (Å²) < 4.78 is -0.530. The Balaban J connectivity index is 2.29. The van der Waals surface area contributed by atoms with Crippen molar-refractivity contribution in [2.45, 2.75) is 23.0 Å². The van der Waals surface area contributed by atoms with Gasteiger partial charge in [-0.3, -0.25) is 14.9 Å². The average Bonchev–Trinajstić information content (AvgIpc) is 2.58. The number of oxime groups is 1. The quantitative estimate of drug-likeness (QED) is 0.248. The monoisotopic (exact) mass is 536 g/mol. The van der Waals surface area contributed by atoms with E-state index in [0.29, 0.717) is 15.8 Å². The third kappa shape index (κ3) is 3.90. The highest BCUT2D eigenvalue weighted by atomic mass is 79.9. The van der Waals surface area contributed by atoms with Crippen LogP contribution in [0.2, 0.25) is 0 Å². The van der Waals surface area contributed by atoms with E-state index in [1.807, 2.05) is 0 Å². The number of non-ortho nitro benzene ring substituents is 1. The Hall–Kier alpha value is -1.39. The first-order valence-corrected chi connectivity index (χ1v) is 9.35. The van der Waals surface area contributed by atoms with Crippen LogP contribution in [0.15, 0.2) is 39.5 Å². The maximum Gasteiger partial charge on any atom is 0.365 e. The molecule has 0 heterocycles. The molecular weight excluding hydrogens is 528 g/mol. The van der Waals surface area contributed by atoms with E-state index in [1.54, 1.807) is 13.8 Å². The SMILES string of the molecule is CC1=C(Br)C(=O)[C@H](Br)[C@](C)(Br)/C1=N\OC(=O)c1ccc([N+](=O)[O-])cc1. The topological polar surface area (TPSA) is 98.9 Å². The van der Waals surface area contributed by atoms with Crippen LogP contribution in [0.5, 0.6) is 0 Å². The number of nitro benzene ring substituents is 1. The van der Waals surface area contributed by atoms with Gasteiger partial charge >= 0.3 is 5.97 Å². The Kier molecular flexibility index (Phi) is 5.95. The summed E-state index contributed by atoms with van der Waals surface area (Å²) in [5, 5.41) is 14.5. The zero-order valence-corrected chi connectivity index (χ0v) is 17.7. The molecule has 0 aromatic heterocycles. The minimum atomic E-state index is -0.874. The van der Waals surface area contributed by atoms with Crippen LogP contribution in [0.4, 0.5) is 5.69 Å². The number of allylic oxidation sites excluding steroid dienone is 2. The number of rotatable bonds is 3. The average molecular weight is 539 g/mol. The van der Waals surface area contributed by atoms with Gasteiger partial charge in [0.05, 0.1) is 24.1 Å². The van der Waals surface area contributed by atoms with Crippen LogP contribution in [0.1, 0.15) is 24.2 Å². The Morgan fingerprint density at radius 3 is 2.44 bits per heavy atom. The van der Waals surface area contributed by atoms with Gasteiger partial charge in [-0.2, -0.15) is 0 Å². The lowest BCUT2D eigenvalue weighted by molar-refractivity contribution is -0.384. The number of hydrogen-bond donors (Lipinski definition) is 0. The first-order chi connectivity index (χ1) is 11.6. The van der Waals surface area contributed by atoms with Gasteiger partial charge in [0.15, 0.2) is 5.78 Å². The first kappa shape index (κ1) is 19.9. The molecule has 0 unspecified atom stereocenters. The number of carbonyl (C=O) groups excluding carboxylic acids is 2. The number of hydrogen-bond acceptors (Lipinski definition) is 6. The zero-order chi connectivity index (χ0) is 18.9. The lowest BCUT2D eigenvalue weighted by Gasteiger charge is -2.33. The summed E-state index contributed by atoms with van der Waals surface area (Å²) in [6.07, 6.45) is 0. The minimum absolute atomic E-state index is 0.120. The molecular formula is C15H11Br3N2O5. The molecule has 0 amide bonds. The molecule has 0 aliphatic heterocycles. The molecule has 10 heteroatoms. The summed E-state index contributed by atoms with van der Waals surface area (Å²) in [6.45, 7) is 3.41. The van der Waals surface area contributed by atoms with E-state index in [2.05, 4.69) is 52.9 Å². The molecule has 1 aliphatic carbocycles. The van der Waals surface area contributed by atoms with E-state index in [1.165, 1.54) is 24.3 Å². The second-order valence-electron chi connectivity index (χ2n) is 5.36. The second kappa shape index (κ2) is 7.46. The van der Waals surface area contributed by atoms with Crippen molar-refractivity contribution in [3.05, 3.63) is 50.0 Å². The van der Waals surface area contributed by atoms with Crippen LogP contribution >= 0.6 is 47.8 Å². The van der Waals surface area contributed by atoms with Crippen molar-refractivity contribution < 1.29 is 19.3 Å². The van der Waals surface area contributed by atoms with Crippen molar-refractivity contribution in [2.75, 3.05) is 0 Å². The fourth-order valence-corrected chi connectivity index (χ4v) is 3.90. The Morgan fingerprint density at radius 1 is 1.36 bits per heavy atom. The van der Waals surface area contributed by atoms with Crippen LogP contribution in [0.25, 0.3) is 0 Å². The summed E-state index contributed by atoms with van der Waals surface area (Å²) in [7, 11) is 0. The predicted molar refractivity (Wildman–Crippen MR) is 103 cm³/mol. The van der Waals surface area contributed by atoms with Gasteiger partial charge < -0.3 is 4.84 Å². The third-order valence-electron chi connectivity index (χ3n) is 3.60. The third-order valence-corrected chi connectivity index (χ3v) is 7.37. The standard InChI is InChI=1S/C15H11Br3N2O5/c1-7-10(16)11(21)12(17)15(2,18)13(7)19-25-14(22)8-3-5-9(6-4-8)20(23)24/h3-6,12H,1-2H3/b19-13-/t12-,15-/m0/s1. The van der Waals surface area contributed by atoms with Crippen molar-refractivity contribution in [3.63, 3.8) is 0 Å². The maximum absolute atomic E-state index is 12.1. The molecule has 132 valence electrons. The van der Waals surface area contributed by atoms with E-state index < -0.39 is 20.0 Å². The van der Waals surface area contributed by atoms with Gasteiger partial charge in [-0.05, 0) is 47.5 Å². The molecule has 1 aromatic carbocycles. The number of alkyl halides is 2. The minimum Gasteiger partial charge on any atom is -0.312 e. The molecule has 0 saturated carbocycles. The van der Waals surface area contributed by atoms with Crippen molar-refractivity contribution >= 4 is 70.9 Å². The number of nitro groups is 1. The van der Waals surface area contributed by atoms with Gasteiger partial charge in [0.2, 0.25) is 0 Å². The lowest BCUT2D eigenvalue weighted by atomic mass is 9.88. The highest BCUT2D eigenvalue weighted by Gasteiger charge is 2.46. The summed E-state index contributed by atoms with van der Waals surface area (Å²) in [5.74, 6) is -0.921. The van der Waals surface area contributed by atoms with Crippen molar-refractivity contribution in [1.29, 1.82) is 0 Å². The van der Waals surface area contributed by atoms with Crippen LogP contribution in [-0.4, -0.2) is 31.5 Å². The second-order valence-corrected chi connectivity index (χ2v) is 8.72. The fraction of sp³-hybridized carbons (Fsp3) is 0.267. The van der Waals surface area contributed by atoms with Crippen molar-refractivity contribution in [2.24, 2.45) is 5.16 Å². The number of halogens is 3. The van der Waals surface area contributed by atoms with Gasteiger partial charge in [-0.1, -0.05) is 37.0 Å². The van der Waals surface area contributed by atoms with Gasteiger partial charge in [0, 0.05) is 12.1 Å². The van der Waals surface area contributed by atoms with E-state index >= 15 is 0 Å². The van der Waals surface area contributed by atoms with Gasteiger partial charge in [-0.25, -0.2) is 4.79 Å². The summed E-state index contributed by atoms with van der Waals surface area (Å²) >= 11 is 9.97. The fourth-order valence-electron chi connectivity index (χ4n) is 2.15. The van der Waals surface area contributed by atoms with Crippen molar-refractivity contribution in [1.82, 2.24) is 0 Å². The van der Waals surface area contributed by atoms with Gasteiger partial charge in [0.25, 0.3) is 5.69 Å². The molecule has 0 fully saturated rings. The van der Waals surface area contributed by atoms with E-state index in [-0.39, 0.29) is 17.0 Å². The summed E-state index contributed by atoms with van der Waals surface area (Å²) in [4.78, 5) is 38.7. The molecule has 0 radical (unpaired) electrons. The Morgan fingerprint density at radius 2 is 1.92 bits per heavy atom. The molecule has 2 atom stereocenters. The molecule has 2 rings (SSSR count). The molecule has 25 heavy (non-hydrogen) atoms. The number of nitrogens with zero attached hydrogens (tertiary/aromatic N) is 2. The zero-order valence-electron chi connectivity index (χ0n) is 13.0. The lowest BCUT2D eigenvalue weighted by Crippen LogP contribution is -2.47. The predicted octanol–water partition coefficient (Wildman–Crippen LogP) is 4.28. The van der Waals surface area contributed by atoms with Crippen LogP contribution in [-0.2, 0) is 9.63 Å². The highest BCUT2D eigenvalue weighted by Crippen LogP contribution is 2.40. The number of Topliss-reactive ketones (excluding diaryl/α,β-unsaturated/α-hetero) is 1. The molecule has 1 aliphatic rings. The van der Waals surface area contributed by atoms with Gasteiger partial charge in [-0.15, -0.1) is 0 Å². The summed E-state index contributed by atoms with van der Waals surface area (Å²) in [5.41, 5.74) is 0.897. The molecule has 0 saturated heterocycles. The largest absolute Gasteiger partial charge is 0.365 e. The van der Waals surface area contributed by atoms with Crippen LogP contribution in [0, 0.1) is 10.1 Å². The Labute approximate surface area is 168 Å². The van der Waals surface area contributed by atoms with Crippen molar-refractivity contribution in [3.8, 4) is 0 Å².